The largest absolute Gasteiger partial charge is 0.310 e. The average molecular weight is 892 g/mol. The van der Waals surface area contributed by atoms with Gasteiger partial charge in [-0.2, -0.15) is 0 Å². The molecule has 12 aromatic rings. The summed E-state index contributed by atoms with van der Waals surface area (Å²) in [6.45, 7) is 0. The molecule has 1 aromatic heterocycles. The van der Waals surface area contributed by atoms with Gasteiger partial charge in [-0.05, 0) is 141 Å². The Balaban J connectivity index is 1.02. The summed E-state index contributed by atoms with van der Waals surface area (Å²) < 4.78 is 2.39. The van der Waals surface area contributed by atoms with E-state index in [0.717, 1.165) is 39.8 Å². The molecule has 3 heteroatoms. The lowest BCUT2D eigenvalue weighted by Gasteiger charge is -2.51. The van der Waals surface area contributed by atoms with E-state index in [1.807, 2.05) is 0 Å². The number of benzene rings is 11. The van der Waals surface area contributed by atoms with Crippen molar-refractivity contribution >= 4 is 55.9 Å². The predicted octanol–water partition coefficient (Wildman–Crippen LogP) is 17.7. The van der Waals surface area contributed by atoms with Crippen molar-refractivity contribution in [2.45, 2.75) is 5.41 Å². The first-order chi connectivity index (χ1) is 34.7. The van der Waals surface area contributed by atoms with Gasteiger partial charge in [-0.1, -0.05) is 188 Å². The molecule has 70 heavy (non-hydrogen) atoms. The van der Waals surface area contributed by atoms with Gasteiger partial charge in [-0.25, -0.2) is 0 Å². The lowest BCUT2D eigenvalue weighted by molar-refractivity contribution is 0.719. The minimum atomic E-state index is -0.691. The molecule has 14 rings (SSSR count). The van der Waals surface area contributed by atoms with E-state index in [-0.39, 0.29) is 0 Å². The van der Waals surface area contributed by atoms with E-state index < -0.39 is 5.41 Å². The minimum Gasteiger partial charge on any atom is -0.310 e. The number of fused-ring (bicyclic) bond motifs is 11. The summed E-state index contributed by atoms with van der Waals surface area (Å²) in [4.78, 5) is 4.97. The van der Waals surface area contributed by atoms with Crippen LogP contribution in [0.25, 0.3) is 60.9 Å². The predicted molar refractivity (Wildman–Crippen MR) is 292 cm³/mol. The molecule has 1 spiro atoms. The van der Waals surface area contributed by atoms with Gasteiger partial charge < -0.3 is 14.4 Å². The lowest BCUT2D eigenvalue weighted by atomic mass is 9.60. The monoisotopic (exact) mass is 891 g/mol. The standard InChI is InChI=1S/C67H45N3/c1-4-18-46(19-5-1)48-32-38-53(39-33-48)69-63-29-15-11-25-57(63)67(58-26-12-16-30-64(58)69)59-27-13-17-31-65(59)70(54-40-34-49(35-41-54)47-20-6-2-7-21-47)66-43-37-51(45-60(66)67)50-36-42-62-56(44-50)55-24-10-14-28-61(55)68(62)52-22-8-3-9-23-52/h1-45H. The Hall–Kier alpha value is -9.18. The Morgan fingerprint density at radius 2 is 0.614 bits per heavy atom. The molecule has 0 N–H and O–H groups in total. The summed E-state index contributed by atoms with van der Waals surface area (Å²) in [5.41, 5.74) is 21.8. The van der Waals surface area contributed by atoms with Gasteiger partial charge in [0.2, 0.25) is 0 Å². The Morgan fingerprint density at radius 1 is 0.229 bits per heavy atom. The Kier molecular flexibility index (Phi) is 9.11. The third-order valence-electron chi connectivity index (χ3n) is 14.8. The minimum absolute atomic E-state index is 0.691. The molecule has 0 fully saturated rings. The summed E-state index contributed by atoms with van der Waals surface area (Å²) in [7, 11) is 0. The van der Waals surface area contributed by atoms with Gasteiger partial charge in [0, 0.05) is 27.8 Å². The smallest absolute Gasteiger partial charge is 0.0783 e. The molecule has 0 saturated carbocycles. The molecule has 2 aliphatic heterocycles. The van der Waals surface area contributed by atoms with Crippen LogP contribution in [0.2, 0.25) is 0 Å². The molecule has 2 aliphatic rings. The Morgan fingerprint density at radius 3 is 1.16 bits per heavy atom. The van der Waals surface area contributed by atoms with Crippen molar-refractivity contribution in [2.24, 2.45) is 0 Å². The molecule has 0 aliphatic carbocycles. The van der Waals surface area contributed by atoms with Gasteiger partial charge in [-0.15, -0.1) is 0 Å². The van der Waals surface area contributed by atoms with E-state index in [1.165, 1.54) is 77.4 Å². The maximum absolute atomic E-state index is 2.51. The molecule has 11 aromatic carbocycles. The molecular weight excluding hydrogens is 847 g/mol. The first-order valence-corrected chi connectivity index (χ1v) is 24.2. The van der Waals surface area contributed by atoms with Crippen LogP contribution in [0.4, 0.5) is 34.1 Å². The molecule has 0 saturated heterocycles. The highest BCUT2D eigenvalue weighted by Crippen LogP contribution is 2.64. The summed E-state index contributed by atoms with van der Waals surface area (Å²) in [6, 6.07) is 101. The summed E-state index contributed by atoms with van der Waals surface area (Å²) in [5, 5.41) is 2.47. The second-order valence-corrected chi connectivity index (χ2v) is 18.5. The molecule has 3 nitrogen and oxygen atoms in total. The number of rotatable bonds is 6. The number of nitrogens with zero attached hydrogens (tertiary/aromatic N) is 3. The van der Waals surface area contributed by atoms with Crippen molar-refractivity contribution in [3.8, 4) is 39.1 Å². The van der Waals surface area contributed by atoms with Crippen LogP contribution in [-0.2, 0) is 5.41 Å². The van der Waals surface area contributed by atoms with Gasteiger partial charge in [0.1, 0.15) is 0 Å². The summed E-state index contributed by atoms with van der Waals surface area (Å²) in [6.07, 6.45) is 0. The molecule has 0 atom stereocenters. The molecule has 0 bridgehead atoms. The summed E-state index contributed by atoms with van der Waals surface area (Å²) in [5.74, 6) is 0. The van der Waals surface area contributed by atoms with Gasteiger partial charge >= 0.3 is 0 Å². The third-order valence-corrected chi connectivity index (χ3v) is 14.8. The molecule has 0 unspecified atom stereocenters. The normalized spacial score (nSPS) is 13.2. The quantitative estimate of drug-likeness (QED) is 0.165. The number of aromatic nitrogens is 1. The first-order valence-electron chi connectivity index (χ1n) is 24.2. The van der Waals surface area contributed by atoms with Gasteiger partial charge in [0.05, 0.1) is 39.2 Å². The highest BCUT2D eigenvalue weighted by Gasteiger charge is 2.52. The lowest BCUT2D eigenvalue weighted by Crippen LogP contribution is -2.42. The maximum Gasteiger partial charge on any atom is 0.0783 e. The van der Waals surface area contributed by atoms with E-state index in [9.17, 15) is 0 Å². The molecule has 0 radical (unpaired) electrons. The highest BCUT2D eigenvalue weighted by atomic mass is 15.2. The van der Waals surface area contributed by atoms with Gasteiger partial charge in [-0.3, -0.25) is 0 Å². The van der Waals surface area contributed by atoms with Gasteiger partial charge in [0.15, 0.2) is 0 Å². The molecular formula is C67H45N3. The zero-order valence-electron chi connectivity index (χ0n) is 38.3. The number of para-hydroxylation sites is 5. The van der Waals surface area contributed by atoms with Crippen LogP contribution in [0.5, 0.6) is 0 Å². The van der Waals surface area contributed by atoms with Crippen LogP contribution >= 0.6 is 0 Å². The second kappa shape index (κ2) is 16.0. The fourth-order valence-corrected chi connectivity index (χ4v) is 11.7. The van der Waals surface area contributed by atoms with Crippen LogP contribution < -0.4 is 9.80 Å². The number of hydrogen-bond acceptors (Lipinski definition) is 2. The zero-order chi connectivity index (χ0) is 46.2. The topological polar surface area (TPSA) is 11.4 Å². The van der Waals surface area contributed by atoms with Crippen LogP contribution in [-0.4, -0.2) is 4.57 Å². The van der Waals surface area contributed by atoms with Crippen LogP contribution in [0, 0.1) is 0 Å². The Labute approximate surface area is 408 Å². The van der Waals surface area contributed by atoms with Crippen molar-refractivity contribution in [1.29, 1.82) is 0 Å². The third kappa shape index (κ3) is 6.01. The van der Waals surface area contributed by atoms with Crippen molar-refractivity contribution in [1.82, 2.24) is 4.57 Å². The average Bonchev–Trinajstić information content (AvgIpc) is 3.78. The van der Waals surface area contributed by atoms with Crippen molar-refractivity contribution in [3.63, 3.8) is 0 Å². The van der Waals surface area contributed by atoms with E-state index >= 15 is 0 Å². The fraction of sp³-hybridized carbons (Fsp3) is 0.0149. The second-order valence-electron chi connectivity index (χ2n) is 18.5. The fourth-order valence-electron chi connectivity index (χ4n) is 11.7. The first kappa shape index (κ1) is 39.9. The van der Waals surface area contributed by atoms with Gasteiger partial charge in [0.25, 0.3) is 0 Å². The zero-order valence-corrected chi connectivity index (χ0v) is 38.3. The van der Waals surface area contributed by atoms with Crippen LogP contribution in [0.3, 0.4) is 0 Å². The van der Waals surface area contributed by atoms with Crippen LogP contribution in [0.15, 0.2) is 273 Å². The van der Waals surface area contributed by atoms with E-state index in [2.05, 4.69) is 287 Å². The van der Waals surface area contributed by atoms with Crippen LogP contribution in [0.1, 0.15) is 22.3 Å². The number of hydrogen-bond donors (Lipinski definition) is 0. The Bertz CT molecular complexity index is 3830. The maximum atomic E-state index is 2.51. The highest BCUT2D eigenvalue weighted by molar-refractivity contribution is 6.10. The van der Waals surface area contributed by atoms with E-state index in [4.69, 9.17) is 0 Å². The summed E-state index contributed by atoms with van der Waals surface area (Å²) >= 11 is 0. The van der Waals surface area contributed by atoms with E-state index in [1.54, 1.807) is 0 Å². The van der Waals surface area contributed by atoms with Crippen molar-refractivity contribution in [2.75, 3.05) is 9.80 Å². The van der Waals surface area contributed by atoms with E-state index in [0.29, 0.717) is 0 Å². The van der Waals surface area contributed by atoms with Crippen molar-refractivity contribution < 1.29 is 0 Å². The molecule has 0 amide bonds. The number of anilines is 6. The molecule has 328 valence electrons. The van der Waals surface area contributed by atoms with Crippen molar-refractivity contribution in [3.05, 3.63) is 295 Å². The molecule has 3 heterocycles. The SMILES string of the molecule is c1ccc(-c2ccc(N3c4ccccc4C4(c5ccccc53)c3ccccc3N(c3ccc(-c5ccccc5)cc3)c3ccc(-c5ccc6c(c5)c5ccccc5n6-c5ccccc5)cc34)cc2)cc1.